The summed E-state index contributed by atoms with van der Waals surface area (Å²) in [4.78, 5) is 30.2. The Labute approximate surface area is 242 Å². The summed E-state index contributed by atoms with van der Waals surface area (Å²) in [5.74, 6) is -1.79. The number of rotatable bonds is 7. The van der Waals surface area contributed by atoms with Crippen LogP contribution in [0.25, 0.3) is 11.2 Å². The van der Waals surface area contributed by atoms with Gasteiger partial charge in [-0.25, -0.2) is 18.2 Å². The minimum atomic E-state index is -0.756. The first-order chi connectivity index (χ1) is 20.7. The van der Waals surface area contributed by atoms with E-state index in [0.717, 1.165) is 12.3 Å². The molecule has 2 aromatic carbocycles. The number of aromatic nitrogens is 3. The fourth-order valence-electron chi connectivity index (χ4n) is 4.56. The molecule has 4 aromatic heterocycles. The van der Waals surface area contributed by atoms with Crippen molar-refractivity contribution in [1.29, 1.82) is 0 Å². The highest BCUT2D eigenvalue weighted by atomic mass is 19.1. The van der Waals surface area contributed by atoms with Crippen LogP contribution in [0.5, 0.6) is 11.5 Å². The van der Waals surface area contributed by atoms with Gasteiger partial charge in [-0.3, -0.25) is 14.2 Å². The smallest absolute Gasteiger partial charge is 0.268 e. The first kappa shape index (κ1) is 27.3. The Morgan fingerprint density at radius 1 is 0.860 bits per heavy atom. The van der Waals surface area contributed by atoms with Gasteiger partial charge < -0.3 is 19.8 Å². The van der Waals surface area contributed by atoms with E-state index in [0.29, 0.717) is 34.2 Å². The lowest BCUT2D eigenvalue weighted by molar-refractivity contribution is 0.102. The van der Waals surface area contributed by atoms with Crippen molar-refractivity contribution in [3.63, 3.8) is 0 Å². The maximum Gasteiger partial charge on any atom is 0.268 e. The quantitative estimate of drug-likeness (QED) is 0.212. The third-order valence-corrected chi connectivity index (χ3v) is 6.61. The Kier molecular flexibility index (Phi) is 7.12. The highest BCUT2D eigenvalue weighted by molar-refractivity contribution is 6.04. The number of carbonyl (C=O) groups excluding carboxylic acids is 1. The number of carbonyl (C=O) groups is 1. The second-order valence-electron chi connectivity index (χ2n) is 9.59. The molecule has 1 amide bonds. The standard InChI is InChI=1S/C32H22F3N5O3/c1-19-4-11-25(32(42)40(19)24-9-5-20(33)6-10-24)31(41)38-22-8-12-28(26(35)15-22)43-29-16-23(18-39-14-2-3-27(29)39)37-30-13-7-21(34)17-36-30/h2-18H,1H3,(H,36,37)(H,38,41). The summed E-state index contributed by atoms with van der Waals surface area (Å²) < 4.78 is 50.8. The molecule has 0 aliphatic carbocycles. The fourth-order valence-corrected chi connectivity index (χ4v) is 4.56. The summed E-state index contributed by atoms with van der Waals surface area (Å²) in [5.41, 5.74) is 1.49. The molecular formula is C32H22F3N5O3. The minimum Gasteiger partial charge on any atom is -0.452 e. The molecule has 43 heavy (non-hydrogen) atoms. The second kappa shape index (κ2) is 11.2. The highest BCUT2D eigenvalue weighted by Gasteiger charge is 2.17. The van der Waals surface area contributed by atoms with Crippen molar-refractivity contribution >= 4 is 28.6 Å². The number of halogens is 3. The van der Waals surface area contributed by atoms with Crippen LogP contribution in [-0.2, 0) is 0 Å². The second-order valence-corrected chi connectivity index (χ2v) is 9.59. The van der Waals surface area contributed by atoms with E-state index in [9.17, 15) is 18.4 Å². The normalized spacial score (nSPS) is 11.0. The molecule has 0 unspecified atom stereocenters. The summed E-state index contributed by atoms with van der Waals surface area (Å²) in [7, 11) is 0. The molecule has 2 N–H and O–H groups in total. The van der Waals surface area contributed by atoms with E-state index < -0.39 is 28.9 Å². The van der Waals surface area contributed by atoms with E-state index in [1.165, 1.54) is 59.2 Å². The predicted molar refractivity (Wildman–Crippen MR) is 156 cm³/mol. The molecule has 0 aliphatic heterocycles. The third-order valence-electron chi connectivity index (χ3n) is 6.61. The Morgan fingerprint density at radius 2 is 1.65 bits per heavy atom. The van der Waals surface area contributed by atoms with Gasteiger partial charge in [-0.2, -0.15) is 0 Å². The molecule has 11 heteroatoms. The Hall–Kier alpha value is -5.84. The Balaban J connectivity index is 1.23. The molecule has 0 fully saturated rings. The molecular weight excluding hydrogens is 559 g/mol. The summed E-state index contributed by atoms with van der Waals surface area (Å²) >= 11 is 0. The lowest BCUT2D eigenvalue weighted by atomic mass is 10.2. The molecule has 0 spiro atoms. The lowest BCUT2D eigenvalue weighted by Gasteiger charge is -2.14. The molecule has 0 saturated heterocycles. The van der Waals surface area contributed by atoms with Gasteiger partial charge in [0.1, 0.15) is 23.0 Å². The summed E-state index contributed by atoms with van der Waals surface area (Å²) in [6.45, 7) is 1.69. The topological polar surface area (TPSA) is 89.7 Å². The first-order valence-electron chi connectivity index (χ1n) is 13.0. The molecule has 6 rings (SSSR count). The van der Waals surface area contributed by atoms with Crippen molar-refractivity contribution in [2.45, 2.75) is 6.92 Å². The van der Waals surface area contributed by atoms with E-state index in [4.69, 9.17) is 4.74 Å². The molecule has 0 saturated carbocycles. The molecule has 0 radical (unpaired) electrons. The van der Waals surface area contributed by atoms with E-state index >= 15 is 4.39 Å². The van der Waals surface area contributed by atoms with Crippen molar-refractivity contribution in [2.75, 3.05) is 10.6 Å². The molecule has 8 nitrogen and oxygen atoms in total. The number of hydrogen-bond donors (Lipinski definition) is 2. The number of nitrogens with one attached hydrogen (secondary N) is 2. The average Bonchev–Trinajstić information content (AvgIpc) is 3.46. The number of fused-ring (bicyclic) bond motifs is 1. The molecule has 214 valence electrons. The number of benzene rings is 2. The van der Waals surface area contributed by atoms with Gasteiger partial charge in [0.15, 0.2) is 17.3 Å². The van der Waals surface area contributed by atoms with Gasteiger partial charge in [-0.15, -0.1) is 0 Å². The van der Waals surface area contributed by atoms with Crippen LogP contribution in [-0.4, -0.2) is 19.9 Å². The Morgan fingerprint density at radius 3 is 2.40 bits per heavy atom. The molecule has 4 heterocycles. The number of hydrogen-bond acceptors (Lipinski definition) is 5. The van der Waals surface area contributed by atoms with E-state index in [1.54, 1.807) is 48.0 Å². The van der Waals surface area contributed by atoms with Gasteiger partial charge in [-0.1, -0.05) is 0 Å². The third kappa shape index (κ3) is 5.68. The van der Waals surface area contributed by atoms with Crippen LogP contribution in [0.4, 0.5) is 30.4 Å². The van der Waals surface area contributed by atoms with Crippen LogP contribution >= 0.6 is 0 Å². The maximum absolute atomic E-state index is 15.2. The minimum absolute atomic E-state index is 0.104. The van der Waals surface area contributed by atoms with Crippen LogP contribution in [0, 0.1) is 24.4 Å². The zero-order chi connectivity index (χ0) is 30.1. The number of nitrogens with zero attached hydrogens (tertiary/aromatic N) is 3. The van der Waals surface area contributed by atoms with Crippen molar-refractivity contribution in [3.8, 4) is 17.2 Å². The summed E-state index contributed by atoms with van der Waals surface area (Å²) in [6, 6.07) is 20.2. The van der Waals surface area contributed by atoms with Gasteiger partial charge >= 0.3 is 0 Å². The number of ether oxygens (including phenoxy) is 1. The largest absolute Gasteiger partial charge is 0.452 e. The van der Waals surface area contributed by atoms with Crippen LogP contribution in [0.2, 0.25) is 0 Å². The maximum atomic E-state index is 15.2. The zero-order valence-electron chi connectivity index (χ0n) is 22.5. The van der Waals surface area contributed by atoms with Gasteiger partial charge in [0.05, 0.1) is 17.4 Å². The molecule has 0 atom stereocenters. The predicted octanol–water partition coefficient (Wildman–Crippen LogP) is 7.00. The number of anilines is 3. The number of amides is 1. The number of aryl methyl sites for hydroxylation is 1. The van der Waals surface area contributed by atoms with Crippen LogP contribution in [0.3, 0.4) is 0 Å². The van der Waals surface area contributed by atoms with Crippen LogP contribution in [0.15, 0.2) is 108 Å². The Bertz CT molecular complexity index is 2040. The lowest BCUT2D eigenvalue weighted by Crippen LogP contribution is -2.29. The van der Waals surface area contributed by atoms with Gasteiger partial charge in [0.25, 0.3) is 11.5 Å². The van der Waals surface area contributed by atoms with Crippen molar-refractivity contribution in [1.82, 2.24) is 14.0 Å². The number of pyridine rings is 3. The molecule has 0 aliphatic rings. The highest BCUT2D eigenvalue weighted by Crippen LogP contribution is 2.33. The SMILES string of the molecule is Cc1ccc(C(=O)Nc2ccc(Oc3cc(Nc4ccc(F)cn4)cn4cccc34)c(F)c2)c(=O)n1-c1ccc(F)cc1. The van der Waals surface area contributed by atoms with Crippen LogP contribution < -0.4 is 20.9 Å². The van der Waals surface area contributed by atoms with Gasteiger partial charge in [0.2, 0.25) is 0 Å². The van der Waals surface area contributed by atoms with Gasteiger partial charge in [-0.05, 0) is 79.7 Å². The summed E-state index contributed by atoms with van der Waals surface area (Å²) in [6.07, 6.45) is 4.65. The van der Waals surface area contributed by atoms with Crippen molar-refractivity contribution in [3.05, 3.63) is 143 Å². The monoisotopic (exact) mass is 581 g/mol. The van der Waals surface area contributed by atoms with E-state index in [1.807, 2.05) is 0 Å². The van der Waals surface area contributed by atoms with Crippen molar-refractivity contribution < 1.29 is 22.7 Å². The van der Waals surface area contributed by atoms with Gasteiger partial charge in [0, 0.05) is 41.6 Å². The van der Waals surface area contributed by atoms with Crippen molar-refractivity contribution in [2.24, 2.45) is 0 Å². The van der Waals surface area contributed by atoms with Crippen LogP contribution in [0.1, 0.15) is 16.1 Å². The van der Waals surface area contributed by atoms with E-state index in [-0.39, 0.29) is 17.0 Å². The summed E-state index contributed by atoms with van der Waals surface area (Å²) in [5, 5.41) is 5.61. The zero-order valence-corrected chi connectivity index (χ0v) is 22.5. The molecule has 0 bridgehead atoms. The average molecular weight is 582 g/mol. The first-order valence-corrected chi connectivity index (χ1v) is 13.0. The van der Waals surface area contributed by atoms with E-state index in [2.05, 4.69) is 15.6 Å². The fraction of sp³-hybridized carbons (Fsp3) is 0.0312. The molecule has 6 aromatic rings.